The van der Waals surface area contributed by atoms with Crippen molar-refractivity contribution in [3.05, 3.63) is 0 Å². The van der Waals surface area contributed by atoms with Crippen LogP contribution in [0.4, 0.5) is 0 Å². The van der Waals surface area contributed by atoms with E-state index in [2.05, 4.69) is 31.0 Å². The van der Waals surface area contributed by atoms with E-state index >= 15 is 0 Å². The van der Waals surface area contributed by atoms with Gasteiger partial charge in [0.2, 0.25) is 5.91 Å². The van der Waals surface area contributed by atoms with Gasteiger partial charge in [0.15, 0.2) is 0 Å². The highest BCUT2D eigenvalue weighted by molar-refractivity contribution is 5.84. The van der Waals surface area contributed by atoms with Crippen LogP contribution in [0.1, 0.15) is 34.1 Å². The van der Waals surface area contributed by atoms with E-state index in [-0.39, 0.29) is 5.91 Å². The third kappa shape index (κ3) is 4.49. The van der Waals surface area contributed by atoms with E-state index in [9.17, 15) is 4.79 Å². The Labute approximate surface area is 99.6 Å². The van der Waals surface area contributed by atoms with Crippen LogP contribution in [0.15, 0.2) is 0 Å². The standard InChI is InChI=1S/C12H27N3O/c1-9(2)7-10(3)15(6)8-12(4,14-5)11(13)16/h9-10,14H,7-8H2,1-6H3,(H2,13,16). The van der Waals surface area contributed by atoms with Gasteiger partial charge in [-0.05, 0) is 40.3 Å². The number of rotatable bonds is 7. The molecule has 4 heteroatoms. The highest BCUT2D eigenvalue weighted by Crippen LogP contribution is 2.13. The molecule has 16 heavy (non-hydrogen) atoms. The van der Waals surface area contributed by atoms with Gasteiger partial charge in [0.25, 0.3) is 0 Å². The summed E-state index contributed by atoms with van der Waals surface area (Å²) in [7, 11) is 3.80. The van der Waals surface area contributed by atoms with Gasteiger partial charge in [-0.3, -0.25) is 4.79 Å². The molecule has 0 aliphatic heterocycles. The summed E-state index contributed by atoms with van der Waals surface area (Å²) in [6, 6.07) is 0.451. The van der Waals surface area contributed by atoms with Crippen molar-refractivity contribution in [2.75, 3.05) is 20.6 Å². The number of likely N-dealkylation sites (N-methyl/N-ethyl adjacent to an activating group) is 2. The summed E-state index contributed by atoms with van der Waals surface area (Å²) in [5.41, 5.74) is 4.75. The Morgan fingerprint density at radius 1 is 1.44 bits per heavy atom. The molecule has 0 aliphatic carbocycles. The van der Waals surface area contributed by atoms with Crippen LogP contribution >= 0.6 is 0 Å². The normalized spacial score (nSPS) is 17.5. The lowest BCUT2D eigenvalue weighted by Crippen LogP contribution is -2.58. The van der Waals surface area contributed by atoms with Crippen LogP contribution in [-0.4, -0.2) is 43.0 Å². The second-order valence-electron chi connectivity index (χ2n) is 5.34. The monoisotopic (exact) mass is 229 g/mol. The average Bonchev–Trinajstić information content (AvgIpc) is 2.16. The molecule has 0 radical (unpaired) electrons. The van der Waals surface area contributed by atoms with E-state index in [4.69, 9.17) is 5.73 Å². The minimum atomic E-state index is -0.653. The van der Waals surface area contributed by atoms with Crippen LogP contribution in [0.3, 0.4) is 0 Å². The van der Waals surface area contributed by atoms with Crippen molar-refractivity contribution in [3.63, 3.8) is 0 Å². The molecule has 4 nitrogen and oxygen atoms in total. The Morgan fingerprint density at radius 2 is 1.94 bits per heavy atom. The van der Waals surface area contributed by atoms with Gasteiger partial charge >= 0.3 is 0 Å². The van der Waals surface area contributed by atoms with Crippen LogP contribution in [0.2, 0.25) is 0 Å². The summed E-state index contributed by atoms with van der Waals surface area (Å²) in [6.07, 6.45) is 1.12. The van der Waals surface area contributed by atoms with Gasteiger partial charge in [-0.2, -0.15) is 0 Å². The molecule has 2 atom stereocenters. The zero-order valence-electron chi connectivity index (χ0n) is 11.5. The molecule has 0 aromatic carbocycles. The fourth-order valence-corrected chi connectivity index (χ4v) is 1.80. The molecule has 0 fully saturated rings. The van der Waals surface area contributed by atoms with Crippen molar-refractivity contribution in [3.8, 4) is 0 Å². The number of carbonyl (C=O) groups excluding carboxylic acids is 1. The van der Waals surface area contributed by atoms with Gasteiger partial charge < -0.3 is 16.0 Å². The van der Waals surface area contributed by atoms with Crippen molar-refractivity contribution in [1.29, 1.82) is 0 Å². The lowest BCUT2D eigenvalue weighted by Gasteiger charge is -2.34. The third-order valence-electron chi connectivity index (χ3n) is 3.23. The number of primary amides is 1. The first-order chi connectivity index (χ1) is 7.23. The number of amides is 1. The van der Waals surface area contributed by atoms with Crippen LogP contribution in [0.5, 0.6) is 0 Å². The highest BCUT2D eigenvalue weighted by atomic mass is 16.1. The van der Waals surface area contributed by atoms with Crippen LogP contribution in [0, 0.1) is 5.92 Å². The summed E-state index contributed by atoms with van der Waals surface area (Å²) in [6.45, 7) is 9.06. The van der Waals surface area contributed by atoms with Crippen molar-refractivity contribution in [2.24, 2.45) is 11.7 Å². The Bertz CT molecular complexity index is 230. The maximum absolute atomic E-state index is 11.4. The second-order valence-corrected chi connectivity index (χ2v) is 5.34. The highest BCUT2D eigenvalue weighted by Gasteiger charge is 2.31. The molecule has 0 aromatic rings. The molecule has 0 aliphatic rings. The molecule has 3 N–H and O–H groups in total. The Morgan fingerprint density at radius 3 is 2.25 bits per heavy atom. The smallest absolute Gasteiger partial charge is 0.238 e. The fraction of sp³-hybridized carbons (Fsp3) is 0.917. The first-order valence-electron chi connectivity index (χ1n) is 5.92. The number of hydrogen-bond acceptors (Lipinski definition) is 3. The molecule has 0 heterocycles. The first-order valence-corrected chi connectivity index (χ1v) is 5.92. The van der Waals surface area contributed by atoms with Crippen molar-refractivity contribution >= 4 is 5.91 Å². The average molecular weight is 229 g/mol. The molecule has 0 bridgehead atoms. The molecule has 2 unspecified atom stereocenters. The predicted molar refractivity (Wildman–Crippen MR) is 68.2 cm³/mol. The minimum Gasteiger partial charge on any atom is -0.368 e. The number of hydrogen-bond donors (Lipinski definition) is 2. The van der Waals surface area contributed by atoms with E-state index in [1.165, 1.54) is 0 Å². The summed E-state index contributed by atoms with van der Waals surface area (Å²) in [5, 5.41) is 3.00. The van der Waals surface area contributed by atoms with E-state index < -0.39 is 5.54 Å². The Balaban J connectivity index is 4.41. The lowest BCUT2D eigenvalue weighted by atomic mass is 9.98. The maximum atomic E-state index is 11.4. The molecule has 0 rings (SSSR count). The quantitative estimate of drug-likeness (QED) is 0.679. The van der Waals surface area contributed by atoms with Gasteiger partial charge in [-0.15, -0.1) is 0 Å². The molecule has 96 valence electrons. The molecular formula is C12H27N3O. The number of nitrogens with zero attached hydrogens (tertiary/aromatic N) is 1. The number of nitrogens with one attached hydrogen (secondary N) is 1. The molecule has 0 saturated heterocycles. The summed E-state index contributed by atoms with van der Waals surface area (Å²) in [4.78, 5) is 13.5. The zero-order valence-corrected chi connectivity index (χ0v) is 11.5. The van der Waals surface area contributed by atoms with E-state index in [0.717, 1.165) is 6.42 Å². The van der Waals surface area contributed by atoms with Crippen molar-refractivity contribution < 1.29 is 4.79 Å². The molecule has 0 spiro atoms. The minimum absolute atomic E-state index is 0.307. The van der Waals surface area contributed by atoms with Crippen LogP contribution in [0.25, 0.3) is 0 Å². The van der Waals surface area contributed by atoms with Crippen molar-refractivity contribution in [2.45, 2.75) is 45.7 Å². The van der Waals surface area contributed by atoms with E-state index in [0.29, 0.717) is 18.5 Å². The molecular weight excluding hydrogens is 202 g/mol. The SMILES string of the molecule is CNC(C)(CN(C)C(C)CC(C)C)C(N)=O. The maximum Gasteiger partial charge on any atom is 0.238 e. The van der Waals surface area contributed by atoms with Gasteiger partial charge in [0, 0.05) is 12.6 Å². The zero-order chi connectivity index (χ0) is 12.9. The number of carbonyl (C=O) groups is 1. The van der Waals surface area contributed by atoms with Crippen molar-refractivity contribution in [1.82, 2.24) is 10.2 Å². The van der Waals surface area contributed by atoms with Gasteiger partial charge in [0.1, 0.15) is 5.54 Å². The second kappa shape index (κ2) is 6.21. The summed E-state index contributed by atoms with van der Waals surface area (Å²) < 4.78 is 0. The molecule has 0 saturated carbocycles. The van der Waals surface area contributed by atoms with Gasteiger partial charge in [0.05, 0.1) is 0 Å². The lowest BCUT2D eigenvalue weighted by molar-refractivity contribution is -0.124. The largest absolute Gasteiger partial charge is 0.368 e. The van der Waals surface area contributed by atoms with Gasteiger partial charge in [-0.25, -0.2) is 0 Å². The van der Waals surface area contributed by atoms with Crippen LogP contribution in [-0.2, 0) is 4.79 Å². The van der Waals surface area contributed by atoms with Crippen LogP contribution < -0.4 is 11.1 Å². The fourth-order valence-electron chi connectivity index (χ4n) is 1.80. The molecule has 0 aromatic heterocycles. The number of nitrogens with two attached hydrogens (primary N) is 1. The predicted octanol–water partition coefficient (Wildman–Crippen LogP) is 0.816. The molecule has 1 amide bonds. The Kier molecular flexibility index (Phi) is 5.97. The topological polar surface area (TPSA) is 58.4 Å². The first kappa shape index (κ1) is 15.4. The van der Waals surface area contributed by atoms with Gasteiger partial charge in [-0.1, -0.05) is 13.8 Å². The van der Waals surface area contributed by atoms with E-state index in [1.54, 1.807) is 7.05 Å². The van der Waals surface area contributed by atoms with E-state index in [1.807, 2.05) is 14.0 Å². The summed E-state index contributed by atoms with van der Waals surface area (Å²) >= 11 is 0. The third-order valence-corrected chi connectivity index (χ3v) is 3.23. The Hall–Kier alpha value is -0.610. The summed E-state index contributed by atoms with van der Waals surface area (Å²) in [5.74, 6) is 0.352.